The molecule has 4 nitrogen and oxygen atoms in total. The molecule has 0 saturated heterocycles. The molecule has 0 saturated carbocycles. The molecule has 1 N–H and O–H groups in total. The van der Waals surface area contributed by atoms with Crippen molar-refractivity contribution in [1.82, 2.24) is 4.98 Å². The van der Waals surface area contributed by atoms with Crippen molar-refractivity contribution in [3.63, 3.8) is 0 Å². The van der Waals surface area contributed by atoms with E-state index < -0.39 is 0 Å². The Morgan fingerprint density at radius 3 is 3.18 bits per heavy atom. The van der Waals surface area contributed by atoms with E-state index in [0.29, 0.717) is 17.2 Å². The van der Waals surface area contributed by atoms with E-state index in [1.807, 2.05) is 5.38 Å². The molecule has 17 heavy (non-hydrogen) atoms. The van der Waals surface area contributed by atoms with Crippen molar-refractivity contribution in [2.45, 2.75) is 6.61 Å². The minimum atomic E-state index is 0.107. The Morgan fingerprint density at radius 2 is 2.41 bits per heavy atom. The predicted molar refractivity (Wildman–Crippen MR) is 67.6 cm³/mol. The Bertz CT molecular complexity index is 514. The van der Waals surface area contributed by atoms with Crippen LogP contribution in [0.1, 0.15) is 11.3 Å². The Kier molecular flexibility index (Phi) is 3.95. The van der Waals surface area contributed by atoms with Gasteiger partial charge in [0, 0.05) is 16.0 Å². The largest absolute Gasteiger partial charge is 0.507 e. The molecule has 0 aliphatic heterocycles. The molecule has 1 aromatic carbocycles. The molecule has 0 fully saturated rings. The molecular weight excluding hydrogens is 260 g/mol. The lowest BCUT2D eigenvalue weighted by Gasteiger charge is -1.99. The Labute approximate surface area is 107 Å². The lowest BCUT2D eigenvalue weighted by atomic mass is 10.2. The third kappa shape index (κ3) is 3.44. The second kappa shape index (κ2) is 5.65. The molecule has 2 rings (SSSR count). The predicted octanol–water partition coefficient (Wildman–Crippen LogP) is 3.05. The fraction of sp³-hybridized carbons (Fsp3) is 0.0909. The second-order valence-electron chi connectivity index (χ2n) is 3.19. The maximum atomic E-state index is 9.50. The number of thiazole rings is 1. The summed E-state index contributed by atoms with van der Waals surface area (Å²) >= 11 is 7.29. The van der Waals surface area contributed by atoms with Crippen molar-refractivity contribution in [2.24, 2.45) is 5.16 Å². The number of benzene rings is 1. The van der Waals surface area contributed by atoms with Crippen LogP contribution in [-0.2, 0) is 11.4 Å². The van der Waals surface area contributed by atoms with E-state index in [0.717, 1.165) is 5.69 Å². The topological polar surface area (TPSA) is 54.7 Å². The molecular formula is C11H9ClN2O2S. The van der Waals surface area contributed by atoms with Gasteiger partial charge in [0.15, 0.2) is 6.61 Å². The molecule has 0 aliphatic rings. The van der Waals surface area contributed by atoms with Crippen molar-refractivity contribution in [3.05, 3.63) is 45.4 Å². The highest BCUT2D eigenvalue weighted by Crippen LogP contribution is 2.19. The highest BCUT2D eigenvalue weighted by Gasteiger charge is 1.99. The third-order valence-corrected chi connectivity index (χ3v) is 2.82. The van der Waals surface area contributed by atoms with E-state index in [1.165, 1.54) is 23.6 Å². The van der Waals surface area contributed by atoms with Crippen LogP contribution in [0.5, 0.6) is 5.75 Å². The highest BCUT2D eigenvalue weighted by atomic mass is 35.5. The fourth-order valence-electron chi connectivity index (χ4n) is 1.14. The Hall–Kier alpha value is -1.59. The number of oxime groups is 1. The average Bonchev–Trinajstić information content (AvgIpc) is 2.82. The molecule has 0 amide bonds. The number of phenolic OH excluding ortho intramolecular Hbond substituents is 1. The van der Waals surface area contributed by atoms with Gasteiger partial charge in [-0.1, -0.05) is 16.8 Å². The van der Waals surface area contributed by atoms with Crippen molar-refractivity contribution >= 4 is 29.2 Å². The zero-order valence-electron chi connectivity index (χ0n) is 8.71. The van der Waals surface area contributed by atoms with Gasteiger partial charge in [0.1, 0.15) is 5.75 Å². The van der Waals surface area contributed by atoms with Gasteiger partial charge in [-0.3, -0.25) is 0 Å². The SMILES string of the molecule is Oc1ccc(Cl)cc1/C=N/OCc1cscn1. The van der Waals surface area contributed by atoms with Gasteiger partial charge < -0.3 is 9.94 Å². The summed E-state index contributed by atoms with van der Waals surface area (Å²) < 4.78 is 0. The molecule has 0 radical (unpaired) electrons. The number of halogens is 1. The van der Waals surface area contributed by atoms with E-state index in [1.54, 1.807) is 17.6 Å². The quantitative estimate of drug-likeness (QED) is 0.685. The van der Waals surface area contributed by atoms with Crippen molar-refractivity contribution < 1.29 is 9.94 Å². The lowest BCUT2D eigenvalue weighted by Crippen LogP contribution is -1.88. The molecule has 0 atom stereocenters. The highest BCUT2D eigenvalue weighted by molar-refractivity contribution is 7.07. The van der Waals surface area contributed by atoms with E-state index in [2.05, 4.69) is 10.1 Å². The second-order valence-corrected chi connectivity index (χ2v) is 4.35. The van der Waals surface area contributed by atoms with Gasteiger partial charge in [-0.25, -0.2) is 4.98 Å². The number of hydrogen-bond acceptors (Lipinski definition) is 5. The number of aromatic nitrogens is 1. The number of rotatable bonds is 4. The van der Waals surface area contributed by atoms with Crippen LogP contribution in [0.25, 0.3) is 0 Å². The fourth-order valence-corrected chi connectivity index (χ4v) is 1.86. The number of phenols is 1. The van der Waals surface area contributed by atoms with Gasteiger partial charge in [-0.05, 0) is 18.2 Å². The Morgan fingerprint density at radius 1 is 1.53 bits per heavy atom. The average molecular weight is 269 g/mol. The van der Waals surface area contributed by atoms with Crippen LogP contribution in [0.4, 0.5) is 0 Å². The van der Waals surface area contributed by atoms with Crippen molar-refractivity contribution in [3.8, 4) is 5.75 Å². The molecule has 0 bridgehead atoms. The van der Waals surface area contributed by atoms with Gasteiger partial charge >= 0.3 is 0 Å². The number of hydrogen-bond donors (Lipinski definition) is 1. The van der Waals surface area contributed by atoms with Crippen LogP contribution in [0.2, 0.25) is 5.02 Å². The van der Waals surface area contributed by atoms with Crippen LogP contribution >= 0.6 is 22.9 Å². The van der Waals surface area contributed by atoms with Gasteiger partial charge in [0.25, 0.3) is 0 Å². The third-order valence-electron chi connectivity index (χ3n) is 1.95. The van der Waals surface area contributed by atoms with Crippen molar-refractivity contribution in [1.29, 1.82) is 0 Å². The molecule has 6 heteroatoms. The first kappa shape index (κ1) is 11.9. The van der Waals surface area contributed by atoms with Crippen LogP contribution in [0.3, 0.4) is 0 Å². The molecule has 88 valence electrons. The first-order valence-corrected chi connectivity index (χ1v) is 6.08. The van der Waals surface area contributed by atoms with Gasteiger partial charge in [0.2, 0.25) is 0 Å². The maximum absolute atomic E-state index is 9.50. The van der Waals surface area contributed by atoms with E-state index in [4.69, 9.17) is 16.4 Å². The monoisotopic (exact) mass is 268 g/mol. The summed E-state index contributed by atoms with van der Waals surface area (Å²) in [5, 5.41) is 15.7. The first-order chi connectivity index (χ1) is 8.25. The molecule has 1 aromatic heterocycles. The number of aromatic hydroxyl groups is 1. The summed E-state index contributed by atoms with van der Waals surface area (Å²) in [6.45, 7) is 0.307. The van der Waals surface area contributed by atoms with Crippen LogP contribution < -0.4 is 0 Å². The standard InChI is InChI=1S/C11H9ClN2O2S/c12-9-1-2-11(15)8(3-9)4-14-16-5-10-6-17-7-13-10/h1-4,6-7,15H,5H2/b14-4+. The van der Waals surface area contributed by atoms with Gasteiger partial charge in [-0.2, -0.15) is 0 Å². The molecule has 0 unspecified atom stereocenters. The van der Waals surface area contributed by atoms with Crippen molar-refractivity contribution in [2.75, 3.05) is 0 Å². The lowest BCUT2D eigenvalue weighted by molar-refractivity contribution is 0.129. The Balaban J connectivity index is 1.94. The minimum absolute atomic E-state index is 0.107. The zero-order valence-corrected chi connectivity index (χ0v) is 10.3. The van der Waals surface area contributed by atoms with E-state index in [-0.39, 0.29) is 5.75 Å². The van der Waals surface area contributed by atoms with Crippen LogP contribution in [-0.4, -0.2) is 16.3 Å². The summed E-state index contributed by atoms with van der Waals surface area (Å²) in [7, 11) is 0. The van der Waals surface area contributed by atoms with Crippen LogP contribution in [0.15, 0.2) is 34.2 Å². The maximum Gasteiger partial charge on any atom is 0.159 e. The summed E-state index contributed by atoms with van der Waals surface area (Å²) in [6.07, 6.45) is 1.41. The summed E-state index contributed by atoms with van der Waals surface area (Å²) in [4.78, 5) is 9.08. The number of nitrogens with zero attached hydrogens (tertiary/aromatic N) is 2. The van der Waals surface area contributed by atoms with Crippen LogP contribution in [0, 0.1) is 0 Å². The van der Waals surface area contributed by atoms with E-state index >= 15 is 0 Å². The summed E-state index contributed by atoms with van der Waals surface area (Å²) in [5.74, 6) is 0.107. The van der Waals surface area contributed by atoms with E-state index in [9.17, 15) is 5.11 Å². The smallest absolute Gasteiger partial charge is 0.159 e. The molecule has 1 heterocycles. The summed E-state index contributed by atoms with van der Waals surface area (Å²) in [6, 6.07) is 4.71. The molecule has 2 aromatic rings. The molecule has 0 spiro atoms. The molecule has 0 aliphatic carbocycles. The zero-order chi connectivity index (χ0) is 12.1. The summed E-state index contributed by atoms with van der Waals surface area (Å²) in [5.41, 5.74) is 3.06. The van der Waals surface area contributed by atoms with Gasteiger partial charge in [0.05, 0.1) is 17.4 Å². The minimum Gasteiger partial charge on any atom is -0.507 e. The first-order valence-electron chi connectivity index (χ1n) is 4.76. The normalized spacial score (nSPS) is 10.9. The van der Waals surface area contributed by atoms with Gasteiger partial charge in [-0.15, -0.1) is 11.3 Å².